The van der Waals surface area contributed by atoms with Crippen LogP contribution in [-0.4, -0.2) is 68.5 Å². The number of amides is 1. The highest BCUT2D eigenvalue weighted by atomic mass is 31.2. The van der Waals surface area contributed by atoms with Gasteiger partial charge in [0.1, 0.15) is 13.2 Å². The topological polar surface area (TPSA) is 108 Å². The summed E-state index contributed by atoms with van der Waals surface area (Å²) in [6.45, 7) is 4.66. The summed E-state index contributed by atoms with van der Waals surface area (Å²) in [5.74, 6) is -0.162. The maximum atomic E-state index is 13.1. The first-order chi connectivity index (χ1) is 42.5. The number of carbonyl (C=O) groups is 1. The van der Waals surface area contributed by atoms with Crippen LogP contribution in [0.4, 0.5) is 0 Å². The van der Waals surface area contributed by atoms with Crippen molar-refractivity contribution in [1.82, 2.24) is 5.32 Å². The van der Waals surface area contributed by atoms with E-state index in [9.17, 15) is 19.4 Å². The van der Waals surface area contributed by atoms with Crippen LogP contribution in [0.25, 0.3) is 0 Å². The fraction of sp³-hybridized carbons (Fsp3) is 0.833. The van der Waals surface area contributed by atoms with Crippen molar-refractivity contribution in [1.29, 1.82) is 0 Å². The molecule has 0 heterocycles. The van der Waals surface area contributed by atoms with Gasteiger partial charge in [0.2, 0.25) is 5.91 Å². The Labute approximate surface area is 542 Å². The molecule has 0 aliphatic carbocycles. The molecule has 510 valence electrons. The second-order valence-corrected chi connectivity index (χ2v) is 28.4. The molecule has 87 heavy (non-hydrogen) atoms. The number of likely N-dealkylation sites (N-methyl/N-ethyl adjacent to an activating group) is 1. The third-order valence-corrected chi connectivity index (χ3v) is 18.2. The number of aliphatic hydroxyl groups excluding tert-OH is 1. The van der Waals surface area contributed by atoms with Gasteiger partial charge < -0.3 is 28.8 Å². The zero-order valence-corrected chi connectivity index (χ0v) is 59.4. The SMILES string of the molecule is CC/C=C\C/C=C\C/C=C\C/C=C\C/C=C\C/C=C\CCCCCCCCCCCCCCCCC(=O)NC(COP(=O)([O-])OCC[N+](C)(C)C)C(O)CCCCCCCCCCCCCCCCCCCCCCCCCCCCCCCCCC. The first-order valence-corrected chi connectivity index (χ1v) is 39.2. The third-order valence-electron chi connectivity index (χ3n) is 17.2. The van der Waals surface area contributed by atoms with Gasteiger partial charge in [-0.05, 0) is 64.2 Å². The minimum absolute atomic E-state index is 0.0112. The summed E-state index contributed by atoms with van der Waals surface area (Å²) >= 11 is 0. The second-order valence-electron chi connectivity index (χ2n) is 27.0. The number of phosphoric ester groups is 1. The second kappa shape index (κ2) is 68.3. The molecule has 0 aromatic heterocycles. The fourth-order valence-electron chi connectivity index (χ4n) is 11.4. The normalized spacial score (nSPS) is 14.0. The number of phosphoric acid groups is 1. The first-order valence-electron chi connectivity index (χ1n) is 37.8. The quantitative estimate of drug-likeness (QED) is 0.0272. The van der Waals surface area contributed by atoms with Crippen LogP contribution < -0.4 is 10.2 Å². The zero-order valence-electron chi connectivity index (χ0n) is 58.5. The lowest BCUT2D eigenvalue weighted by atomic mass is 10.0. The van der Waals surface area contributed by atoms with Crippen molar-refractivity contribution in [2.24, 2.45) is 0 Å². The number of allylic oxidation sites excluding steroid dienone is 12. The Morgan fingerprint density at radius 3 is 1.02 bits per heavy atom. The molecule has 0 rings (SSSR count). The molecule has 0 spiro atoms. The molecule has 0 radical (unpaired) electrons. The molecule has 1 amide bonds. The van der Waals surface area contributed by atoms with E-state index >= 15 is 0 Å². The Balaban J connectivity index is 3.99. The molecule has 0 saturated heterocycles. The van der Waals surface area contributed by atoms with Crippen LogP contribution in [0.3, 0.4) is 0 Å². The Morgan fingerprint density at radius 2 is 0.701 bits per heavy atom. The van der Waals surface area contributed by atoms with Crippen molar-refractivity contribution in [3.63, 3.8) is 0 Å². The molecule has 0 aromatic rings. The van der Waals surface area contributed by atoms with Crippen molar-refractivity contribution in [3.05, 3.63) is 72.9 Å². The van der Waals surface area contributed by atoms with E-state index in [0.29, 0.717) is 23.9 Å². The van der Waals surface area contributed by atoms with Crippen molar-refractivity contribution in [2.75, 3.05) is 40.9 Å². The standard InChI is InChI=1S/C78H147N2O6P/c1-6-8-10-12-14-16-18-20-22-24-26-28-30-32-34-36-38-40-42-44-46-48-50-52-54-56-58-60-62-64-66-68-70-72-78(82)79-76(75-86-87(83,84)85-74-73-80(3,4)5)77(81)71-69-67-65-63-61-59-57-55-53-51-49-47-45-43-41-39-37-35-33-31-29-27-25-23-21-19-17-15-13-11-9-7-2/h8,10,14,16,20,22,26,28,32,34,38,40,76-77,81H,6-7,9,11-13,15,17-19,21,23-25,27,29-31,33,35-37,39,41-75H2,1-5H3,(H-,79,82,83,84)/b10-8-,16-14-,22-20-,28-26-,34-32-,40-38-. The Kier molecular flexibility index (Phi) is 66.7. The molecule has 0 aliphatic rings. The molecule has 3 unspecified atom stereocenters. The van der Waals surface area contributed by atoms with E-state index in [1.165, 1.54) is 263 Å². The lowest BCUT2D eigenvalue weighted by molar-refractivity contribution is -0.870. The summed E-state index contributed by atoms with van der Waals surface area (Å²) in [5, 5.41) is 14.1. The molecule has 2 N–H and O–H groups in total. The number of nitrogens with zero attached hydrogens (tertiary/aromatic N) is 1. The van der Waals surface area contributed by atoms with Crippen LogP contribution in [0, 0.1) is 0 Å². The van der Waals surface area contributed by atoms with Gasteiger partial charge in [0.25, 0.3) is 7.82 Å². The predicted molar refractivity (Wildman–Crippen MR) is 380 cm³/mol. The number of nitrogens with one attached hydrogen (secondary N) is 1. The number of unbranched alkanes of at least 4 members (excludes halogenated alkanes) is 45. The van der Waals surface area contributed by atoms with Crippen LogP contribution in [0.2, 0.25) is 0 Å². The number of carbonyl (C=O) groups excluding carboxylic acids is 1. The van der Waals surface area contributed by atoms with Gasteiger partial charge in [0, 0.05) is 6.42 Å². The number of hydrogen-bond donors (Lipinski definition) is 2. The van der Waals surface area contributed by atoms with Gasteiger partial charge in [0.15, 0.2) is 0 Å². The minimum atomic E-state index is -4.59. The highest BCUT2D eigenvalue weighted by Crippen LogP contribution is 2.38. The number of rotatable bonds is 70. The highest BCUT2D eigenvalue weighted by Gasteiger charge is 2.24. The maximum Gasteiger partial charge on any atom is 0.268 e. The van der Waals surface area contributed by atoms with E-state index < -0.39 is 20.0 Å². The number of aliphatic hydroxyl groups is 1. The number of hydrogen-bond acceptors (Lipinski definition) is 6. The van der Waals surface area contributed by atoms with E-state index in [4.69, 9.17) is 9.05 Å². The monoisotopic (exact) mass is 1240 g/mol. The molecule has 3 atom stereocenters. The average Bonchev–Trinajstić information content (AvgIpc) is 3.71. The van der Waals surface area contributed by atoms with Gasteiger partial charge in [-0.25, -0.2) is 0 Å². The van der Waals surface area contributed by atoms with Gasteiger partial charge in [-0.15, -0.1) is 0 Å². The van der Waals surface area contributed by atoms with Gasteiger partial charge >= 0.3 is 0 Å². The molecular formula is C78H147N2O6P. The molecule has 9 heteroatoms. The van der Waals surface area contributed by atoms with E-state index in [1.54, 1.807) is 0 Å². The Bertz CT molecular complexity index is 1650. The molecule has 8 nitrogen and oxygen atoms in total. The zero-order chi connectivity index (χ0) is 63.4. The van der Waals surface area contributed by atoms with Crippen LogP contribution in [0.5, 0.6) is 0 Å². The van der Waals surface area contributed by atoms with Crippen LogP contribution in [0.1, 0.15) is 367 Å². The van der Waals surface area contributed by atoms with Crippen molar-refractivity contribution in [2.45, 2.75) is 379 Å². The van der Waals surface area contributed by atoms with Crippen LogP contribution >= 0.6 is 7.82 Å². The number of quaternary nitrogens is 1. The summed E-state index contributed by atoms with van der Waals surface area (Å²) in [7, 11) is 1.31. The summed E-state index contributed by atoms with van der Waals surface area (Å²) in [4.78, 5) is 25.7. The Hall–Kier alpha value is -2.06. The highest BCUT2D eigenvalue weighted by molar-refractivity contribution is 7.45. The van der Waals surface area contributed by atoms with Gasteiger partial charge in [-0.2, -0.15) is 0 Å². The van der Waals surface area contributed by atoms with E-state index in [0.717, 1.165) is 77.0 Å². The average molecular weight is 1240 g/mol. The van der Waals surface area contributed by atoms with Crippen molar-refractivity contribution in [3.8, 4) is 0 Å². The van der Waals surface area contributed by atoms with E-state index in [1.807, 2.05) is 21.1 Å². The minimum Gasteiger partial charge on any atom is -0.756 e. The largest absolute Gasteiger partial charge is 0.756 e. The summed E-state index contributed by atoms with van der Waals surface area (Å²) in [6.07, 6.45) is 95.7. The van der Waals surface area contributed by atoms with E-state index in [-0.39, 0.29) is 19.1 Å². The molecule has 0 fully saturated rings. The van der Waals surface area contributed by atoms with Gasteiger partial charge in [-0.1, -0.05) is 369 Å². The van der Waals surface area contributed by atoms with Crippen LogP contribution in [0.15, 0.2) is 72.9 Å². The summed E-state index contributed by atoms with van der Waals surface area (Å²) in [5.41, 5.74) is 0. The van der Waals surface area contributed by atoms with Crippen molar-refractivity contribution < 1.29 is 32.9 Å². The summed E-state index contributed by atoms with van der Waals surface area (Å²) < 4.78 is 23.6. The molecular weight excluding hydrogens is 1090 g/mol. The molecule has 0 aromatic carbocycles. The molecule has 0 bridgehead atoms. The van der Waals surface area contributed by atoms with Crippen molar-refractivity contribution >= 4 is 13.7 Å². The predicted octanol–water partition coefficient (Wildman–Crippen LogP) is 23.9. The fourth-order valence-corrected chi connectivity index (χ4v) is 12.1. The van der Waals surface area contributed by atoms with Gasteiger partial charge in [-0.3, -0.25) is 9.36 Å². The van der Waals surface area contributed by atoms with E-state index in [2.05, 4.69) is 92.1 Å². The summed E-state index contributed by atoms with van der Waals surface area (Å²) in [6, 6.07) is -0.806. The lowest BCUT2D eigenvalue weighted by Gasteiger charge is -2.30. The molecule has 0 aliphatic heterocycles. The third kappa shape index (κ3) is 71.2. The lowest BCUT2D eigenvalue weighted by Crippen LogP contribution is -2.46. The maximum absolute atomic E-state index is 13.1. The Morgan fingerprint density at radius 1 is 0.414 bits per heavy atom. The smallest absolute Gasteiger partial charge is 0.268 e. The molecule has 0 saturated carbocycles. The van der Waals surface area contributed by atoms with Gasteiger partial charge in [0.05, 0.1) is 39.9 Å². The van der Waals surface area contributed by atoms with Crippen LogP contribution in [-0.2, 0) is 18.4 Å². The first kappa shape index (κ1) is 84.9.